The van der Waals surface area contributed by atoms with Crippen LogP contribution in [0.3, 0.4) is 0 Å². The van der Waals surface area contributed by atoms with Crippen molar-refractivity contribution in [2.45, 2.75) is 19.4 Å². The Balaban J connectivity index is 1.91. The summed E-state index contributed by atoms with van der Waals surface area (Å²) in [6, 6.07) is 12.2. The number of hydrogen-bond donors (Lipinski definition) is 1. The van der Waals surface area contributed by atoms with Crippen molar-refractivity contribution in [3.8, 4) is 0 Å². The summed E-state index contributed by atoms with van der Waals surface area (Å²) in [6.07, 6.45) is 6.40. The Kier molecular flexibility index (Phi) is 4.17. The fraction of sp³-hybridized carbons (Fsp3) is 0.235. The summed E-state index contributed by atoms with van der Waals surface area (Å²) in [4.78, 5) is 13.3. The van der Waals surface area contributed by atoms with Gasteiger partial charge in [-0.25, -0.2) is 4.98 Å². The van der Waals surface area contributed by atoms with Crippen LogP contribution in [0.2, 0.25) is 0 Å². The van der Waals surface area contributed by atoms with Gasteiger partial charge in [0.2, 0.25) is 0 Å². The Bertz CT molecular complexity index is 712. The largest absolute Gasteiger partial charge is 0.309 e. The van der Waals surface area contributed by atoms with E-state index in [9.17, 15) is 0 Å². The Morgan fingerprint density at radius 3 is 2.57 bits per heavy atom. The highest BCUT2D eigenvalue weighted by Gasteiger charge is 2.13. The van der Waals surface area contributed by atoms with Gasteiger partial charge in [-0.15, -0.1) is 0 Å². The molecule has 2 aromatic heterocycles. The lowest BCUT2D eigenvalue weighted by atomic mass is 10.0. The highest BCUT2D eigenvalue weighted by molar-refractivity contribution is 5.73. The first-order valence-corrected chi connectivity index (χ1v) is 7.21. The summed E-state index contributed by atoms with van der Waals surface area (Å²) in [5.74, 6) is 0. The van der Waals surface area contributed by atoms with E-state index < -0.39 is 0 Å². The molecule has 0 saturated heterocycles. The maximum atomic E-state index is 4.75. The van der Waals surface area contributed by atoms with Crippen molar-refractivity contribution >= 4 is 11.0 Å². The van der Waals surface area contributed by atoms with Gasteiger partial charge in [0.25, 0.3) is 0 Å². The van der Waals surface area contributed by atoms with Crippen LogP contribution in [0, 0.1) is 0 Å². The first-order valence-electron chi connectivity index (χ1n) is 7.21. The molecule has 21 heavy (non-hydrogen) atoms. The van der Waals surface area contributed by atoms with Crippen LogP contribution in [-0.2, 0) is 6.42 Å². The predicted molar refractivity (Wildman–Crippen MR) is 83.9 cm³/mol. The topological polar surface area (TPSA) is 50.7 Å². The maximum absolute atomic E-state index is 4.75. The molecule has 0 aliphatic carbocycles. The van der Waals surface area contributed by atoms with E-state index >= 15 is 0 Å². The fourth-order valence-corrected chi connectivity index (χ4v) is 2.42. The van der Waals surface area contributed by atoms with Crippen LogP contribution in [0.15, 0.2) is 55.0 Å². The lowest BCUT2D eigenvalue weighted by molar-refractivity contribution is 0.536. The molecule has 3 aromatic rings. The summed E-state index contributed by atoms with van der Waals surface area (Å²) in [5.41, 5.74) is 4.09. The van der Waals surface area contributed by atoms with Gasteiger partial charge in [0, 0.05) is 12.4 Å². The lowest BCUT2D eigenvalue weighted by Gasteiger charge is -2.17. The van der Waals surface area contributed by atoms with Crippen molar-refractivity contribution in [3.63, 3.8) is 0 Å². The van der Waals surface area contributed by atoms with E-state index in [2.05, 4.69) is 22.2 Å². The number of pyridine rings is 1. The van der Waals surface area contributed by atoms with E-state index in [4.69, 9.17) is 4.98 Å². The van der Waals surface area contributed by atoms with Gasteiger partial charge in [0.1, 0.15) is 0 Å². The van der Waals surface area contributed by atoms with Crippen LogP contribution in [0.1, 0.15) is 24.2 Å². The molecule has 2 heterocycles. The van der Waals surface area contributed by atoms with Gasteiger partial charge in [0.15, 0.2) is 0 Å². The Hall–Kier alpha value is -2.33. The van der Waals surface area contributed by atoms with E-state index in [-0.39, 0.29) is 6.04 Å². The number of fused-ring (bicyclic) bond motifs is 1. The summed E-state index contributed by atoms with van der Waals surface area (Å²) >= 11 is 0. The van der Waals surface area contributed by atoms with Crippen LogP contribution in [0.5, 0.6) is 0 Å². The number of likely N-dealkylation sites (N-methyl/N-ethyl adjacent to an activating group) is 1. The monoisotopic (exact) mass is 278 g/mol. The number of nitrogens with one attached hydrogen (secondary N) is 1. The van der Waals surface area contributed by atoms with E-state index in [1.165, 1.54) is 5.56 Å². The first kappa shape index (κ1) is 13.6. The van der Waals surface area contributed by atoms with Crippen molar-refractivity contribution in [3.05, 3.63) is 66.2 Å². The number of rotatable bonds is 5. The molecule has 4 heteroatoms. The Morgan fingerprint density at radius 2 is 1.81 bits per heavy atom. The van der Waals surface area contributed by atoms with Gasteiger partial charge in [-0.3, -0.25) is 9.97 Å². The number of nitrogens with zero attached hydrogens (tertiary/aromatic N) is 3. The van der Waals surface area contributed by atoms with Crippen LogP contribution >= 0.6 is 0 Å². The number of para-hydroxylation sites is 2. The smallest absolute Gasteiger partial charge is 0.0890 e. The second-order valence-corrected chi connectivity index (χ2v) is 4.95. The zero-order chi connectivity index (χ0) is 14.5. The van der Waals surface area contributed by atoms with Crippen LogP contribution in [0.25, 0.3) is 11.0 Å². The zero-order valence-electron chi connectivity index (χ0n) is 12.0. The minimum atomic E-state index is 0.162. The molecule has 0 amide bonds. The third-order valence-corrected chi connectivity index (χ3v) is 3.46. The summed E-state index contributed by atoms with van der Waals surface area (Å²) < 4.78 is 0. The normalized spacial score (nSPS) is 12.4. The van der Waals surface area contributed by atoms with Gasteiger partial charge in [-0.05, 0) is 42.8 Å². The van der Waals surface area contributed by atoms with E-state index in [1.54, 1.807) is 0 Å². The molecule has 1 aromatic carbocycles. The molecular weight excluding hydrogens is 260 g/mol. The third-order valence-electron chi connectivity index (χ3n) is 3.46. The second-order valence-electron chi connectivity index (χ2n) is 4.95. The highest BCUT2D eigenvalue weighted by atomic mass is 14.9. The average molecular weight is 278 g/mol. The Morgan fingerprint density at radius 1 is 1.05 bits per heavy atom. The molecule has 1 unspecified atom stereocenters. The molecule has 1 N–H and O–H groups in total. The van der Waals surface area contributed by atoms with Gasteiger partial charge in [0.05, 0.1) is 29.0 Å². The molecule has 0 spiro atoms. The summed E-state index contributed by atoms with van der Waals surface area (Å²) in [5, 5.41) is 3.49. The molecular formula is C17H18N4. The van der Waals surface area contributed by atoms with Crippen LogP contribution < -0.4 is 5.32 Å². The van der Waals surface area contributed by atoms with E-state index in [1.807, 2.05) is 55.0 Å². The van der Waals surface area contributed by atoms with Crippen molar-refractivity contribution < 1.29 is 0 Å². The quantitative estimate of drug-likeness (QED) is 0.779. The summed E-state index contributed by atoms with van der Waals surface area (Å²) in [7, 11) is 0. The van der Waals surface area contributed by atoms with E-state index in [0.29, 0.717) is 0 Å². The predicted octanol–water partition coefficient (Wildman–Crippen LogP) is 2.92. The molecule has 0 aliphatic rings. The van der Waals surface area contributed by atoms with Crippen LogP contribution in [0.4, 0.5) is 0 Å². The molecule has 0 saturated carbocycles. The SMILES string of the molecule is CCNC(Cc1ccncc1)c1cnc2ccccc2n1. The van der Waals surface area contributed by atoms with Crippen molar-refractivity contribution in [1.82, 2.24) is 20.3 Å². The van der Waals surface area contributed by atoms with Gasteiger partial charge < -0.3 is 5.32 Å². The van der Waals surface area contributed by atoms with Gasteiger partial charge >= 0.3 is 0 Å². The van der Waals surface area contributed by atoms with E-state index in [0.717, 1.165) is 29.7 Å². The first-order chi connectivity index (χ1) is 10.4. The Labute approximate surface area is 124 Å². The standard InChI is InChI=1S/C17H18N4/c1-2-19-16(11-13-7-9-18-10-8-13)17-12-20-14-5-3-4-6-15(14)21-17/h3-10,12,16,19H,2,11H2,1H3. The molecule has 3 rings (SSSR count). The minimum absolute atomic E-state index is 0.162. The fourth-order valence-electron chi connectivity index (χ4n) is 2.42. The number of hydrogen-bond acceptors (Lipinski definition) is 4. The van der Waals surface area contributed by atoms with Crippen molar-refractivity contribution in [1.29, 1.82) is 0 Å². The maximum Gasteiger partial charge on any atom is 0.0890 e. The minimum Gasteiger partial charge on any atom is -0.309 e. The van der Waals surface area contributed by atoms with Gasteiger partial charge in [-0.1, -0.05) is 19.1 Å². The molecule has 4 nitrogen and oxygen atoms in total. The average Bonchev–Trinajstić information content (AvgIpc) is 2.55. The lowest BCUT2D eigenvalue weighted by Crippen LogP contribution is -2.24. The summed E-state index contributed by atoms with van der Waals surface area (Å²) in [6.45, 7) is 3.00. The van der Waals surface area contributed by atoms with Crippen LogP contribution in [-0.4, -0.2) is 21.5 Å². The van der Waals surface area contributed by atoms with Crippen molar-refractivity contribution in [2.75, 3.05) is 6.54 Å². The molecule has 0 radical (unpaired) electrons. The molecule has 0 fully saturated rings. The zero-order valence-corrected chi connectivity index (χ0v) is 12.0. The number of benzene rings is 1. The third kappa shape index (κ3) is 3.23. The highest BCUT2D eigenvalue weighted by Crippen LogP contribution is 2.18. The molecule has 1 atom stereocenters. The molecule has 0 bridgehead atoms. The second kappa shape index (κ2) is 6.41. The molecule has 0 aliphatic heterocycles. The van der Waals surface area contributed by atoms with Gasteiger partial charge in [-0.2, -0.15) is 0 Å². The van der Waals surface area contributed by atoms with Crippen molar-refractivity contribution in [2.24, 2.45) is 0 Å². The molecule has 106 valence electrons. The number of aromatic nitrogens is 3.